The van der Waals surface area contributed by atoms with Crippen molar-refractivity contribution in [3.05, 3.63) is 48.5 Å². The van der Waals surface area contributed by atoms with Crippen molar-refractivity contribution in [1.82, 2.24) is 0 Å². The molecule has 0 amide bonds. The molecule has 4 N–H and O–H groups in total. The van der Waals surface area contributed by atoms with Crippen molar-refractivity contribution < 1.29 is 0 Å². The van der Waals surface area contributed by atoms with Crippen molar-refractivity contribution >= 4 is 43.7 Å². The van der Waals surface area contributed by atoms with Gasteiger partial charge in [0.1, 0.15) is 0 Å². The van der Waals surface area contributed by atoms with Crippen LogP contribution in [0.5, 0.6) is 0 Å². The molecule has 0 aliphatic rings. The lowest BCUT2D eigenvalue weighted by Gasteiger charge is -2.15. The molecule has 0 unspecified atom stereocenters. The fourth-order valence-corrected chi connectivity index (χ4v) is 2.89. The van der Waals surface area contributed by atoms with Gasteiger partial charge in [-0.2, -0.15) is 0 Å². The van der Waals surface area contributed by atoms with E-state index in [4.69, 9.17) is 11.5 Å². The van der Waals surface area contributed by atoms with Crippen LogP contribution < -0.4 is 11.5 Å². The van der Waals surface area contributed by atoms with E-state index in [1.54, 1.807) is 0 Å². The fourth-order valence-electron chi connectivity index (χ4n) is 2.89. The summed E-state index contributed by atoms with van der Waals surface area (Å²) in [6.07, 6.45) is 0. The Balaban J connectivity index is 2.52. The number of nitrogen functional groups attached to an aromatic ring is 2. The Kier molecular flexibility index (Phi) is 1.61. The normalized spacial score (nSPS) is 11.8. The minimum absolute atomic E-state index is 0.687. The molecule has 86 valence electrons. The zero-order chi connectivity index (χ0) is 12.3. The molecule has 0 spiro atoms. The van der Waals surface area contributed by atoms with E-state index in [2.05, 4.69) is 24.3 Å². The highest BCUT2D eigenvalue weighted by Gasteiger charge is 2.13. The van der Waals surface area contributed by atoms with Crippen LogP contribution >= 0.6 is 0 Å². The fraction of sp³-hybridized carbons (Fsp3) is 0. The summed E-state index contributed by atoms with van der Waals surface area (Å²) in [5, 5.41) is 6.96. The van der Waals surface area contributed by atoms with Crippen LogP contribution in [-0.2, 0) is 0 Å². The smallest absolute Gasteiger partial charge is 0.0634 e. The summed E-state index contributed by atoms with van der Waals surface area (Å²) >= 11 is 0. The second kappa shape index (κ2) is 3.05. The molecule has 0 saturated carbocycles. The quantitative estimate of drug-likeness (QED) is 0.358. The van der Waals surface area contributed by atoms with E-state index in [1.165, 1.54) is 21.5 Å². The van der Waals surface area contributed by atoms with Gasteiger partial charge < -0.3 is 11.5 Å². The second-order valence-electron chi connectivity index (χ2n) is 4.70. The molecule has 0 aromatic heterocycles. The number of nitrogens with two attached hydrogens (primary N) is 2. The van der Waals surface area contributed by atoms with E-state index < -0.39 is 0 Å². The van der Waals surface area contributed by atoms with E-state index in [0.717, 1.165) is 10.8 Å². The van der Waals surface area contributed by atoms with Crippen LogP contribution in [0, 0.1) is 0 Å². The third-order valence-corrected chi connectivity index (χ3v) is 3.76. The van der Waals surface area contributed by atoms with Gasteiger partial charge in [-0.1, -0.05) is 48.5 Å². The minimum atomic E-state index is 0.687. The van der Waals surface area contributed by atoms with Gasteiger partial charge in [-0.15, -0.1) is 0 Å². The van der Waals surface area contributed by atoms with Crippen LogP contribution in [0.15, 0.2) is 48.5 Å². The highest BCUT2D eigenvalue weighted by molar-refractivity contribution is 6.29. The maximum atomic E-state index is 6.18. The van der Waals surface area contributed by atoms with Crippen molar-refractivity contribution in [2.24, 2.45) is 0 Å². The molecule has 0 atom stereocenters. The van der Waals surface area contributed by atoms with E-state index in [-0.39, 0.29) is 0 Å². The van der Waals surface area contributed by atoms with Gasteiger partial charge in [-0.25, -0.2) is 0 Å². The first-order valence-corrected chi connectivity index (χ1v) is 5.98. The molecule has 0 radical (unpaired) electrons. The van der Waals surface area contributed by atoms with E-state index >= 15 is 0 Å². The van der Waals surface area contributed by atoms with Crippen LogP contribution in [0.4, 0.5) is 11.4 Å². The van der Waals surface area contributed by atoms with Gasteiger partial charge in [0.15, 0.2) is 0 Å². The van der Waals surface area contributed by atoms with E-state index in [0.29, 0.717) is 11.4 Å². The standard InChI is InChI=1S/C16H12N2/c17-15-11-5-1-3-9-7-8-10-4-2-6-12(16(15)18)14(10)13(9)11/h1-8H,17-18H2. The van der Waals surface area contributed by atoms with Gasteiger partial charge in [0.25, 0.3) is 0 Å². The maximum absolute atomic E-state index is 6.18. The molecule has 4 rings (SSSR count). The van der Waals surface area contributed by atoms with Crippen LogP contribution in [0.3, 0.4) is 0 Å². The molecule has 0 heterocycles. The van der Waals surface area contributed by atoms with Crippen molar-refractivity contribution in [2.45, 2.75) is 0 Å². The molecule has 2 heteroatoms. The predicted molar refractivity (Wildman–Crippen MR) is 79.0 cm³/mol. The number of benzene rings is 4. The molecule has 0 aliphatic carbocycles. The lowest BCUT2D eigenvalue weighted by molar-refractivity contribution is 1.74. The zero-order valence-corrected chi connectivity index (χ0v) is 9.77. The largest absolute Gasteiger partial charge is 0.397 e. The van der Waals surface area contributed by atoms with Gasteiger partial charge in [-0.3, -0.25) is 0 Å². The summed E-state index contributed by atoms with van der Waals surface area (Å²) in [5.74, 6) is 0. The van der Waals surface area contributed by atoms with Gasteiger partial charge >= 0.3 is 0 Å². The lowest BCUT2D eigenvalue weighted by Crippen LogP contribution is -1.98. The van der Waals surface area contributed by atoms with Gasteiger partial charge in [0.05, 0.1) is 11.4 Å². The minimum Gasteiger partial charge on any atom is -0.397 e. The molecule has 4 aromatic carbocycles. The predicted octanol–water partition coefficient (Wildman–Crippen LogP) is 3.75. The van der Waals surface area contributed by atoms with Crippen molar-refractivity contribution in [3.63, 3.8) is 0 Å². The summed E-state index contributed by atoms with van der Waals surface area (Å²) in [6.45, 7) is 0. The third-order valence-electron chi connectivity index (χ3n) is 3.76. The Hall–Kier alpha value is -2.48. The van der Waals surface area contributed by atoms with Crippen LogP contribution in [-0.4, -0.2) is 0 Å². The lowest BCUT2D eigenvalue weighted by atomic mass is 9.92. The Morgan fingerprint density at radius 2 is 1.00 bits per heavy atom. The number of hydrogen-bond acceptors (Lipinski definition) is 2. The Labute approximate surface area is 104 Å². The monoisotopic (exact) mass is 232 g/mol. The zero-order valence-electron chi connectivity index (χ0n) is 9.77. The molecule has 0 fully saturated rings. The van der Waals surface area contributed by atoms with Crippen LogP contribution in [0.2, 0.25) is 0 Å². The summed E-state index contributed by atoms with van der Waals surface area (Å²) in [5.41, 5.74) is 13.7. The highest BCUT2D eigenvalue weighted by Crippen LogP contribution is 2.41. The van der Waals surface area contributed by atoms with E-state index in [9.17, 15) is 0 Å². The van der Waals surface area contributed by atoms with Crippen LogP contribution in [0.25, 0.3) is 32.3 Å². The number of rotatable bonds is 0. The Bertz CT molecular complexity index is 819. The Morgan fingerprint density at radius 1 is 0.556 bits per heavy atom. The summed E-state index contributed by atoms with van der Waals surface area (Å²) in [4.78, 5) is 0. The van der Waals surface area contributed by atoms with Gasteiger partial charge in [0.2, 0.25) is 0 Å². The molecule has 4 aromatic rings. The van der Waals surface area contributed by atoms with Crippen molar-refractivity contribution in [3.8, 4) is 0 Å². The van der Waals surface area contributed by atoms with Gasteiger partial charge in [0, 0.05) is 10.8 Å². The summed E-state index contributed by atoms with van der Waals surface area (Å²) < 4.78 is 0. The first kappa shape index (κ1) is 9.54. The number of anilines is 2. The average Bonchev–Trinajstić information content (AvgIpc) is 2.43. The molecule has 0 aliphatic heterocycles. The topological polar surface area (TPSA) is 52.0 Å². The molecule has 2 nitrogen and oxygen atoms in total. The number of hydrogen-bond donors (Lipinski definition) is 2. The second-order valence-corrected chi connectivity index (χ2v) is 4.70. The van der Waals surface area contributed by atoms with E-state index in [1.807, 2.05) is 24.3 Å². The van der Waals surface area contributed by atoms with Crippen LogP contribution in [0.1, 0.15) is 0 Å². The summed E-state index contributed by atoms with van der Waals surface area (Å²) in [6, 6.07) is 16.6. The molecule has 0 saturated heterocycles. The molecular weight excluding hydrogens is 220 g/mol. The SMILES string of the molecule is Nc1c(N)c2cccc3ccc4cccc1c4c32. The average molecular weight is 232 g/mol. The molecule has 0 bridgehead atoms. The maximum Gasteiger partial charge on any atom is 0.0634 e. The highest BCUT2D eigenvalue weighted by atomic mass is 14.7. The van der Waals surface area contributed by atoms with Gasteiger partial charge in [-0.05, 0) is 21.5 Å². The van der Waals surface area contributed by atoms with Crippen molar-refractivity contribution in [1.29, 1.82) is 0 Å². The molecule has 18 heavy (non-hydrogen) atoms. The summed E-state index contributed by atoms with van der Waals surface area (Å²) in [7, 11) is 0. The molecular formula is C16H12N2. The first-order valence-electron chi connectivity index (χ1n) is 5.98. The Morgan fingerprint density at radius 3 is 1.44 bits per heavy atom. The third kappa shape index (κ3) is 0.979. The first-order chi connectivity index (χ1) is 8.77. The van der Waals surface area contributed by atoms with Crippen molar-refractivity contribution in [2.75, 3.05) is 11.5 Å².